The average molecular weight is 268 g/mol. The van der Waals surface area contributed by atoms with Crippen LogP contribution in [-0.4, -0.2) is 18.1 Å². The minimum atomic E-state index is -0.804. The summed E-state index contributed by atoms with van der Waals surface area (Å²) in [7, 11) is 1.87. The highest BCUT2D eigenvalue weighted by Gasteiger charge is 2.11. The minimum absolute atomic E-state index is 0.190. The fraction of sp³-hybridized carbons (Fsp3) is 0.308. The standard InChI is InChI=1S/C13H14F2N2S/c1-16-10(6-11-7-17-8-18-11)4-9-2-3-12(14)13(15)5-9/h2-3,5,7-8,10,16H,4,6H2,1H3. The number of halogens is 2. The van der Waals surface area contributed by atoms with E-state index in [2.05, 4.69) is 10.3 Å². The van der Waals surface area contributed by atoms with Gasteiger partial charge in [-0.1, -0.05) is 6.07 Å². The lowest BCUT2D eigenvalue weighted by Crippen LogP contribution is -2.29. The number of aromatic nitrogens is 1. The van der Waals surface area contributed by atoms with Crippen molar-refractivity contribution in [2.75, 3.05) is 7.05 Å². The Balaban J connectivity index is 2.03. The normalized spacial score (nSPS) is 12.6. The van der Waals surface area contributed by atoms with Gasteiger partial charge < -0.3 is 5.32 Å². The summed E-state index contributed by atoms with van der Waals surface area (Å²) in [4.78, 5) is 5.20. The second-order valence-electron chi connectivity index (χ2n) is 4.11. The first-order valence-electron chi connectivity index (χ1n) is 5.67. The van der Waals surface area contributed by atoms with E-state index >= 15 is 0 Å². The molecule has 1 N–H and O–H groups in total. The summed E-state index contributed by atoms with van der Waals surface area (Å²) in [6.07, 6.45) is 3.33. The zero-order valence-corrected chi connectivity index (χ0v) is 10.8. The van der Waals surface area contributed by atoms with Crippen LogP contribution in [0.1, 0.15) is 10.4 Å². The van der Waals surface area contributed by atoms with E-state index in [0.717, 1.165) is 12.0 Å². The molecule has 1 atom stereocenters. The molecule has 0 aliphatic rings. The minimum Gasteiger partial charge on any atom is -0.316 e. The molecule has 2 rings (SSSR count). The maximum Gasteiger partial charge on any atom is 0.159 e. The summed E-state index contributed by atoms with van der Waals surface area (Å²) in [5, 5.41) is 3.19. The van der Waals surface area contributed by atoms with Crippen LogP contribution in [0.3, 0.4) is 0 Å². The fourth-order valence-corrected chi connectivity index (χ4v) is 2.49. The summed E-state index contributed by atoms with van der Waals surface area (Å²) in [5.74, 6) is -1.60. The van der Waals surface area contributed by atoms with Gasteiger partial charge in [-0.3, -0.25) is 4.98 Å². The third-order valence-corrected chi connectivity index (χ3v) is 3.61. The lowest BCUT2D eigenvalue weighted by molar-refractivity contribution is 0.503. The number of nitrogens with zero attached hydrogens (tertiary/aromatic N) is 1. The first-order chi connectivity index (χ1) is 8.69. The van der Waals surface area contributed by atoms with E-state index in [1.54, 1.807) is 22.9 Å². The second kappa shape index (κ2) is 6.02. The molecule has 96 valence electrons. The van der Waals surface area contributed by atoms with E-state index in [0.29, 0.717) is 6.42 Å². The molecule has 0 bridgehead atoms. The van der Waals surface area contributed by atoms with Crippen LogP contribution in [0.5, 0.6) is 0 Å². The van der Waals surface area contributed by atoms with Gasteiger partial charge in [0.15, 0.2) is 11.6 Å². The Labute approximate surface area is 109 Å². The van der Waals surface area contributed by atoms with E-state index in [1.165, 1.54) is 17.0 Å². The lowest BCUT2D eigenvalue weighted by Gasteiger charge is -2.15. The molecule has 1 heterocycles. The summed E-state index contributed by atoms with van der Waals surface area (Å²) in [6, 6.07) is 4.24. The van der Waals surface area contributed by atoms with Gasteiger partial charge in [-0.05, 0) is 37.6 Å². The third kappa shape index (κ3) is 3.34. The second-order valence-corrected chi connectivity index (χ2v) is 5.08. The van der Waals surface area contributed by atoms with Crippen LogP contribution >= 0.6 is 11.3 Å². The number of hydrogen-bond acceptors (Lipinski definition) is 3. The van der Waals surface area contributed by atoms with Crippen molar-refractivity contribution in [1.82, 2.24) is 10.3 Å². The van der Waals surface area contributed by atoms with Gasteiger partial charge in [-0.15, -0.1) is 11.3 Å². The van der Waals surface area contributed by atoms with Crippen LogP contribution in [0, 0.1) is 11.6 Å². The Kier molecular flexibility index (Phi) is 4.38. The predicted octanol–water partition coefficient (Wildman–Crippen LogP) is 2.79. The topological polar surface area (TPSA) is 24.9 Å². The molecule has 0 amide bonds. The van der Waals surface area contributed by atoms with E-state index in [-0.39, 0.29) is 6.04 Å². The molecule has 18 heavy (non-hydrogen) atoms. The average Bonchev–Trinajstić information content (AvgIpc) is 2.86. The van der Waals surface area contributed by atoms with Crippen molar-refractivity contribution < 1.29 is 8.78 Å². The first-order valence-corrected chi connectivity index (χ1v) is 6.55. The summed E-state index contributed by atoms with van der Waals surface area (Å²) < 4.78 is 25.9. The van der Waals surface area contributed by atoms with Crippen molar-refractivity contribution in [2.45, 2.75) is 18.9 Å². The summed E-state index contributed by atoms with van der Waals surface area (Å²) >= 11 is 1.60. The van der Waals surface area contributed by atoms with E-state index in [4.69, 9.17) is 0 Å². The van der Waals surface area contributed by atoms with Gasteiger partial charge in [-0.25, -0.2) is 8.78 Å². The van der Waals surface area contributed by atoms with E-state index in [1.807, 2.05) is 13.2 Å². The number of nitrogens with one attached hydrogen (secondary N) is 1. The van der Waals surface area contributed by atoms with Gasteiger partial charge in [0.1, 0.15) is 0 Å². The van der Waals surface area contributed by atoms with Crippen LogP contribution in [0.4, 0.5) is 8.78 Å². The maximum atomic E-state index is 13.1. The fourth-order valence-electron chi connectivity index (χ4n) is 1.81. The van der Waals surface area contributed by atoms with E-state index < -0.39 is 11.6 Å². The van der Waals surface area contributed by atoms with Gasteiger partial charge in [0.25, 0.3) is 0 Å². The highest BCUT2D eigenvalue weighted by atomic mass is 32.1. The molecule has 0 saturated heterocycles. The highest BCUT2D eigenvalue weighted by molar-refractivity contribution is 7.09. The predicted molar refractivity (Wildman–Crippen MR) is 68.7 cm³/mol. The van der Waals surface area contributed by atoms with Crippen molar-refractivity contribution in [1.29, 1.82) is 0 Å². The molecular weight excluding hydrogens is 254 g/mol. The van der Waals surface area contributed by atoms with Gasteiger partial charge in [0.05, 0.1) is 5.51 Å². The molecular formula is C13H14F2N2S. The van der Waals surface area contributed by atoms with Crippen LogP contribution < -0.4 is 5.32 Å². The molecule has 0 saturated carbocycles. The third-order valence-electron chi connectivity index (χ3n) is 2.81. The molecule has 0 fully saturated rings. The molecule has 0 radical (unpaired) electrons. The SMILES string of the molecule is CNC(Cc1ccc(F)c(F)c1)Cc1cncs1. The quantitative estimate of drug-likeness (QED) is 0.902. The monoisotopic (exact) mass is 268 g/mol. The molecule has 0 aliphatic heterocycles. The number of likely N-dealkylation sites (N-methyl/N-ethyl adjacent to an activating group) is 1. The number of thiazole rings is 1. The molecule has 2 aromatic rings. The van der Waals surface area contributed by atoms with Crippen LogP contribution in [0.15, 0.2) is 29.9 Å². The van der Waals surface area contributed by atoms with Crippen molar-refractivity contribution in [3.05, 3.63) is 52.0 Å². The Morgan fingerprint density at radius 3 is 2.72 bits per heavy atom. The van der Waals surface area contributed by atoms with Gasteiger partial charge in [0.2, 0.25) is 0 Å². The Hall–Kier alpha value is -1.33. The molecule has 0 spiro atoms. The van der Waals surface area contributed by atoms with Gasteiger partial charge in [-0.2, -0.15) is 0 Å². The maximum absolute atomic E-state index is 13.1. The largest absolute Gasteiger partial charge is 0.316 e. The number of hydrogen-bond donors (Lipinski definition) is 1. The van der Waals surface area contributed by atoms with Gasteiger partial charge in [0, 0.05) is 17.1 Å². The van der Waals surface area contributed by atoms with Crippen LogP contribution in [-0.2, 0) is 12.8 Å². The lowest BCUT2D eigenvalue weighted by atomic mass is 10.0. The Morgan fingerprint density at radius 1 is 1.28 bits per heavy atom. The van der Waals surface area contributed by atoms with Crippen LogP contribution in [0.2, 0.25) is 0 Å². The smallest absolute Gasteiger partial charge is 0.159 e. The molecule has 5 heteroatoms. The van der Waals surface area contributed by atoms with E-state index in [9.17, 15) is 8.78 Å². The first kappa shape index (κ1) is 13.1. The molecule has 0 aliphatic carbocycles. The number of rotatable bonds is 5. The van der Waals surface area contributed by atoms with Crippen molar-refractivity contribution in [3.8, 4) is 0 Å². The van der Waals surface area contributed by atoms with Crippen LogP contribution in [0.25, 0.3) is 0 Å². The Bertz CT molecular complexity index is 500. The zero-order chi connectivity index (χ0) is 13.0. The molecule has 1 aromatic heterocycles. The highest BCUT2D eigenvalue weighted by Crippen LogP contribution is 2.14. The summed E-state index contributed by atoms with van der Waals surface area (Å²) in [6.45, 7) is 0. The Morgan fingerprint density at radius 2 is 2.11 bits per heavy atom. The van der Waals surface area contributed by atoms with Crippen molar-refractivity contribution in [3.63, 3.8) is 0 Å². The van der Waals surface area contributed by atoms with Gasteiger partial charge >= 0.3 is 0 Å². The summed E-state index contributed by atoms with van der Waals surface area (Å²) in [5.41, 5.74) is 2.58. The van der Waals surface area contributed by atoms with Crippen molar-refractivity contribution in [2.24, 2.45) is 0 Å². The molecule has 1 unspecified atom stereocenters. The number of benzene rings is 1. The molecule has 1 aromatic carbocycles. The zero-order valence-electron chi connectivity index (χ0n) is 9.99. The van der Waals surface area contributed by atoms with Crippen molar-refractivity contribution >= 4 is 11.3 Å². The molecule has 2 nitrogen and oxygen atoms in total.